The molecule has 13 heteroatoms. The number of halogens is 12. The Kier molecular flexibility index (Phi) is 6.94. The first-order valence-electron chi connectivity index (χ1n) is 9.13. The van der Waals surface area contributed by atoms with Gasteiger partial charge in [0, 0.05) is 21.0 Å². The van der Waals surface area contributed by atoms with Crippen molar-refractivity contribution in [2.45, 2.75) is 20.8 Å². The molecule has 180 valence electrons. The maximum absolute atomic E-state index is 14.8. The predicted octanol–water partition coefficient (Wildman–Crippen LogP) is 5.83. The third-order valence-electron chi connectivity index (χ3n) is 5.48. The smallest absolute Gasteiger partial charge is 0.204 e. The van der Waals surface area contributed by atoms with Crippen molar-refractivity contribution in [1.82, 2.24) is 0 Å². The van der Waals surface area contributed by atoms with Crippen molar-refractivity contribution in [3.63, 3.8) is 0 Å². The van der Waals surface area contributed by atoms with Crippen molar-refractivity contribution in [3.8, 4) is 0 Å². The van der Waals surface area contributed by atoms with Crippen molar-refractivity contribution >= 4 is 46.3 Å². The predicted molar refractivity (Wildman–Crippen MR) is 108 cm³/mol. The lowest BCUT2D eigenvalue weighted by Gasteiger charge is -2.25. The second kappa shape index (κ2) is 9.00. The molecule has 0 radical (unpaired) electrons. The molecule has 3 aromatic rings. The van der Waals surface area contributed by atoms with Gasteiger partial charge in [0.05, 0.1) is 0 Å². The zero-order valence-electron chi connectivity index (χ0n) is 17.1. The van der Waals surface area contributed by atoms with Crippen LogP contribution in [0.5, 0.6) is 0 Å². The van der Waals surface area contributed by atoms with Crippen molar-refractivity contribution in [2.24, 2.45) is 0 Å². The Balaban J connectivity index is 2.68. The molecule has 0 spiro atoms. The molecule has 0 unspecified atom stereocenters. The Morgan fingerprint density at radius 1 is 0.382 bits per heavy atom. The first-order chi connectivity index (χ1) is 15.7. The van der Waals surface area contributed by atoms with Gasteiger partial charge in [-0.25, -0.2) is 43.9 Å². The molecule has 0 bridgehead atoms. The third-order valence-corrected chi connectivity index (χ3v) is 6.61. The summed E-state index contributed by atoms with van der Waals surface area (Å²) in [5.41, 5.74) is -4.58. The zero-order valence-corrected chi connectivity index (χ0v) is 18.6. The van der Waals surface area contributed by atoms with Crippen molar-refractivity contribution in [3.05, 3.63) is 84.9 Å². The summed E-state index contributed by atoms with van der Waals surface area (Å²) in [6.07, 6.45) is 0. The maximum atomic E-state index is 14.8. The largest absolute Gasteiger partial charge is 0.257 e. The minimum atomic E-state index is -2.73. The molecule has 0 fully saturated rings. The molecule has 0 heterocycles. The van der Waals surface area contributed by atoms with Crippen molar-refractivity contribution < 1.29 is 43.9 Å². The Hall–Kier alpha value is -2.40. The average Bonchev–Trinajstić information content (AvgIpc) is 2.81. The highest BCUT2D eigenvalue weighted by molar-refractivity contribution is 6.96. The van der Waals surface area contributed by atoms with E-state index in [2.05, 4.69) is 0 Å². The number of benzene rings is 3. The SMILES string of the molecule is Cc1c(Cl)c(C)c(B(c2c(F)c(F)c(F)c(F)c2F)c2c(F)c(F)c(F)c(F)c2F)c(C)c1Cl. The van der Waals surface area contributed by atoms with Crippen molar-refractivity contribution in [2.75, 3.05) is 0 Å². The highest BCUT2D eigenvalue weighted by Crippen LogP contribution is 2.30. The summed E-state index contributed by atoms with van der Waals surface area (Å²) in [6, 6.07) is 0. The lowest BCUT2D eigenvalue weighted by Crippen LogP contribution is -2.59. The van der Waals surface area contributed by atoms with Gasteiger partial charge in [-0.2, -0.15) is 0 Å². The van der Waals surface area contributed by atoms with Gasteiger partial charge in [0.15, 0.2) is 58.2 Å². The molecule has 0 N–H and O–H groups in total. The van der Waals surface area contributed by atoms with Crippen molar-refractivity contribution in [1.29, 1.82) is 0 Å². The van der Waals surface area contributed by atoms with E-state index in [1.165, 1.54) is 6.92 Å². The van der Waals surface area contributed by atoms with E-state index in [0.29, 0.717) is 0 Å². The fourth-order valence-electron chi connectivity index (χ4n) is 3.79. The van der Waals surface area contributed by atoms with Gasteiger partial charge < -0.3 is 0 Å². The van der Waals surface area contributed by atoms with Crippen LogP contribution >= 0.6 is 23.2 Å². The molecule has 3 aromatic carbocycles. The molecule has 34 heavy (non-hydrogen) atoms. The highest BCUT2D eigenvalue weighted by Gasteiger charge is 2.42. The summed E-state index contributed by atoms with van der Waals surface area (Å²) in [7, 11) is 0. The number of hydrogen-bond donors (Lipinski definition) is 0. The average molecular weight is 533 g/mol. The second-order valence-electron chi connectivity index (χ2n) is 7.32. The van der Waals surface area contributed by atoms with Crippen LogP contribution in [0.2, 0.25) is 10.0 Å². The van der Waals surface area contributed by atoms with Gasteiger partial charge in [-0.05, 0) is 37.5 Å². The summed E-state index contributed by atoms with van der Waals surface area (Å²) in [4.78, 5) is 0. The second-order valence-corrected chi connectivity index (χ2v) is 8.07. The minimum Gasteiger partial charge on any atom is -0.204 e. The quantitative estimate of drug-likeness (QED) is 0.172. The van der Waals surface area contributed by atoms with Crippen LogP contribution in [0.25, 0.3) is 0 Å². The summed E-state index contributed by atoms with van der Waals surface area (Å²) >= 11 is 12.3. The summed E-state index contributed by atoms with van der Waals surface area (Å²) in [5.74, 6) is -25.4. The molecule has 0 aromatic heterocycles. The van der Waals surface area contributed by atoms with E-state index < -0.39 is 81.3 Å². The van der Waals surface area contributed by atoms with E-state index in [1.54, 1.807) is 0 Å². The first kappa shape index (κ1) is 26.2. The molecular formula is C21H9BCl2F10. The first-order valence-corrected chi connectivity index (χ1v) is 9.89. The molecule has 0 aliphatic heterocycles. The van der Waals surface area contributed by atoms with Crippen LogP contribution in [0.15, 0.2) is 0 Å². The zero-order chi connectivity index (χ0) is 26.0. The lowest BCUT2D eigenvalue weighted by molar-refractivity contribution is 0.382. The summed E-state index contributed by atoms with van der Waals surface area (Å²) in [6.45, 7) is 0.961. The molecule has 0 saturated carbocycles. The molecule has 0 aliphatic carbocycles. The van der Waals surface area contributed by atoms with Gasteiger partial charge >= 0.3 is 0 Å². The Morgan fingerprint density at radius 3 is 0.882 bits per heavy atom. The van der Waals surface area contributed by atoms with Gasteiger partial charge in [-0.3, -0.25) is 0 Å². The maximum Gasteiger partial charge on any atom is 0.257 e. The molecule has 3 rings (SSSR count). The van der Waals surface area contributed by atoms with Crippen LogP contribution in [-0.4, -0.2) is 6.71 Å². The normalized spacial score (nSPS) is 11.4. The topological polar surface area (TPSA) is 0 Å². The molecule has 0 nitrogen and oxygen atoms in total. The van der Waals surface area contributed by atoms with Gasteiger partial charge in [-0.1, -0.05) is 28.7 Å². The van der Waals surface area contributed by atoms with E-state index in [-0.39, 0.29) is 26.7 Å². The van der Waals surface area contributed by atoms with Crippen LogP contribution in [0, 0.1) is 78.9 Å². The number of rotatable bonds is 3. The minimum absolute atomic E-state index is 0.177. The van der Waals surface area contributed by atoms with Gasteiger partial charge in [0.25, 0.3) is 6.71 Å². The van der Waals surface area contributed by atoms with Gasteiger partial charge in [-0.15, -0.1) is 0 Å². The van der Waals surface area contributed by atoms with Crippen LogP contribution in [-0.2, 0) is 0 Å². The Bertz CT molecular complexity index is 1120. The fraction of sp³-hybridized carbons (Fsp3) is 0.143. The Morgan fingerprint density at radius 2 is 0.618 bits per heavy atom. The van der Waals surface area contributed by atoms with Gasteiger partial charge in [0.1, 0.15) is 0 Å². The van der Waals surface area contributed by atoms with E-state index >= 15 is 0 Å². The highest BCUT2D eigenvalue weighted by atomic mass is 35.5. The van der Waals surface area contributed by atoms with Crippen LogP contribution in [0.4, 0.5) is 43.9 Å². The monoisotopic (exact) mass is 532 g/mol. The summed E-state index contributed by atoms with van der Waals surface area (Å²) in [5, 5.41) is -0.466. The van der Waals surface area contributed by atoms with E-state index in [1.807, 2.05) is 0 Å². The molecule has 0 saturated heterocycles. The van der Waals surface area contributed by atoms with E-state index in [4.69, 9.17) is 23.2 Å². The van der Waals surface area contributed by atoms with Crippen LogP contribution < -0.4 is 16.4 Å². The standard InChI is InChI=1S/C21H9BCl2F10/c1-4-7(5(2)11(24)6(3)10(4)23)22(8-12(25)16(29)20(33)17(30)13(8)26)9-14(27)18(31)21(34)19(32)15(9)28/h1-3H3. The molecule has 0 amide bonds. The van der Waals surface area contributed by atoms with Crippen LogP contribution in [0.3, 0.4) is 0 Å². The third kappa shape index (κ3) is 3.64. The Labute approximate surface area is 196 Å². The van der Waals surface area contributed by atoms with E-state index in [9.17, 15) is 43.9 Å². The summed E-state index contributed by atoms with van der Waals surface area (Å²) < 4.78 is 143. The number of hydrogen-bond acceptors (Lipinski definition) is 0. The van der Waals surface area contributed by atoms with Crippen LogP contribution in [0.1, 0.15) is 16.7 Å². The fourth-order valence-corrected chi connectivity index (χ4v) is 4.23. The van der Waals surface area contributed by atoms with E-state index in [0.717, 1.165) is 13.8 Å². The molecule has 0 atom stereocenters. The molecular weight excluding hydrogens is 524 g/mol. The van der Waals surface area contributed by atoms with Gasteiger partial charge in [0.2, 0.25) is 0 Å². The lowest BCUT2D eigenvalue weighted by atomic mass is 9.34. The molecule has 0 aliphatic rings.